The van der Waals surface area contributed by atoms with Crippen LogP contribution in [-0.2, 0) is 36.0 Å². The average Bonchev–Trinajstić information content (AvgIpc) is 3.55. The molecule has 2 bridgehead atoms. The SMILES string of the molecule is CO[C@H]1/C=C/C[C@H](C)CS(=O)(NC(=O)[C@H]2CCOC2)=NC(=O)c2ccc3c(c2)N(C[C@@H]2CC[C@H]21)C[C@@]1(CCCc2cc(Cl)ccc21)CO3. The Kier molecular flexibility index (Phi) is 9.63. The highest BCUT2D eigenvalue weighted by atomic mass is 35.5. The summed E-state index contributed by atoms with van der Waals surface area (Å²) in [7, 11) is -1.66. The quantitative estimate of drug-likeness (QED) is 0.386. The summed E-state index contributed by atoms with van der Waals surface area (Å²) in [6, 6.07) is 11.6. The number of methoxy groups -OCH3 is 1. The molecule has 1 N–H and O–H groups in total. The molecule has 7 rings (SSSR count). The fraction of sp³-hybridized carbons (Fsp3) is 0.568. The topological polar surface area (TPSA) is 107 Å². The van der Waals surface area contributed by atoms with Crippen LogP contribution in [0.4, 0.5) is 5.69 Å². The number of benzene rings is 2. The van der Waals surface area contributed by atoms with Crippen molar-refractivity contribution in [2.24, 2.45) is 28.0 Å². The van der Waals surface area contributed by atoms with Crippen molar-refractivity contribution >= 4 is 39.0 Å². The van der Waals surface area contributed by atoms with Gasteiger partial charge in [-0.2, -0.15) is 0 Å². The summed E-state index contributed by atoms with van der Waals surface area (Å²) in [4.78, 5) is 29.4. The highest BCUT2D eigenvalue weighted by Crippen LogP contribution is 2.47. The second kappa shape index (κ2) is 13.8. The molecule has 48 heavy (non-hydrogen) atoms. The summed E-state index contributed by atoms with van der Waals surface area (Å²) < 4.78 is 39.4. The molecule has 2 amide bonds. The maximum atomic E-state index is 14.4. The van der Waals surface area contributed by atoms with Crippen LogP contribution in [0.1, 0.15) is 66.9 Å². The summed E-state index contributed by atoms with van der Waals surface area (Å²) >= 11 is 6.45. The van der Waals surface area contributed by atoms with Crippen molar-refractivity contribution in [1.82, 2.24) is 4.72 Å². The highest BCUT2D eigenvalue weighted by Gasteiger charge is 2.44. The molecule has 3 aliphatic heterocycles. The Morgan fingerprint density at radius 1 is 1.19 bits per heavy atom. The molecule has 7 atom stereocenters. The largest absolute Gasteiger partial charge is 0.490 e. The number of rotatable bonds is 3. The third-order valence-corrected chi connectivity index (χ3v) is 13.3. The number of amides is 2. The van der Waals surface area contributed by atoms with Gasteiger partial charge in [-0.25, -0.2) is 4.21 Å². The Labute approximate surface area is 289 Å². The van der Waals surface area contributed by atoms with Gasteiger partial charge in [0, 0.05) is 42.8 Å². The molecule has 11 heteroatoms. The van der Waals surface area contributed by atoms with Crippen LogP contribution >= 0.6 is 11.6 Å². The Bertz CT molecular complexity index is 1720. The van der Waals surface area contributed by atoms with Crippen molar-refractivity contribution in [2.75, 3.05) is 50.7 Å². The van der Waals surface area contributed by atoms with Crippen molar-refractivity contribution in [3.05, 3.63) is 70.3 Å². The van der Waals surface area contributed by atoms with Crippen molar-refractivity contribution in [3.63, 3.8) is 0 Å². The molecule has 1 unspecified atom stereocenters. The van der Waals surface area contributed by atoms with Crippen LogP contribution in [0.15, 0.2) is 52.9 Å². The maximum Gasteiger partial charge on any atom is 0.286 e. The van der Waals surface area contributed by atoms with Gasteiger partial charge in [-0.1, -0.05) is 36.7 Å². The van der Waals surface area contributed by atoms with Crippen molar-refractivity contribution < 1.29 is 28.0 Å². The van der Waals surface area contributed by atoms with Gasteiger partial charge in [0.25, 0.3) is 5.91 Å². The maximum absolute atomic E-state index is 14.4. The number of ether oxygens (including phenoxy) is 3. The van der Waals surface area contributed by atoms with Gasteiger partial charge in [0.2, 0.25) is 5.91 Å². The van der Waals surface area contributed by atoms with Crippen LogP contribution in [0.2, 0.25) is 5.02 Å². The minimum absolute atomic E-state index is 0.0397. The van der Waals surface area contributed by atoms with E-state index in [0.29, 0.717) is 49.2 Å². The Balaban J connectivity index is 1.30. The Morgan fingerprint density at radius 2 is 2.06 bits per heavy atom. The zero-order valence-electron chi connectivity index (χ0n) is 27.8. The smallest absolute Gasteiger partial charge is 0.286 e. The summed E-state index contributed by atoms with van der Waals surface area (Å²) in [6.07, 6.45) is 10.5. The lowest BCUT2D eigenvalue weighted by atomic mass is 9.68. The first-order chi connectivity index (χ1) is 23.1. The Hall–Kier alpha value is -2.92. The number of fused-ring (bicyclic) bond motifs is 4. The van der Waals surface area contributed by atoms with E-state index in [1.165, 1.54) is 11.1 Å². The number of hydrogen-bond donors (Lipinski definition) is 1. The number of nitrogens with one attached hydrogen (secondary N) is 1. The van der Waals surface area contributed by atoms with Crippen LogP contribution in [-0.4, -0.2) is 67.9 Å². The standard InChI is InChI=1S/C37H46ClN3O6S/c1-24-5-3-7-33(45-2)30-11-8-27(30)19-41-22-37(15-4-6-25-17-29(38)10-12-31(25)37)23-47-34-13-9-26(18-32(34)41)35(42)39-48(44,21-24)40-36(43)28-14-16-46-20-28/h3,7,9-10,12-13,17-18,24,27-28,30,33H,4-6,8,11,14-16,19-23H2,1-2H3,(H,39,40,42,43,44)/b7-3+/t24-,27-,28-,30+,33-,37-,48?/m0/s1. The van der Waals surface area contributed by atoms with Crippen molar-refractivity contribution in [2.45, 2.75) is 63.4 Å². The molecule has 2 aromatic rings. The van der Waals surface area contributed by atoms with Gasteiger partial charge in [-0.3, -0.25) is 14.3 Å². The molecule has 2 fully saturated rings. The summed E-state index contributed by atoms with van der Waals surface area (Å²) in [5, 5.41) is 0.746. The third-order valence-electron chi connectivity index (χ3n) is 11.1. The van der Waals surface area contributed by atoms with Gasteiger partial charge >= 0.3 is 0 Å². The second-order valence-electron chi connectivity index (χ2n) is 14.5. The molecule has 1 spiro atoms. The molecule has 0 aromatic heterocycles. The number of carbonyl (C=O) groups is 2. The van der Waals surface area contributed by atoms with Crippen molar-refractivity contribution in [1.29, 1.82) is 0 Å². The molecule has 9 nitrogen and oxygen atoms in total. The third kappa shape index (κ3) is 6.78. The van der Waals surface area contributed by atoms with Gasteiger partial charge in [-0.15, -0.1) is 4.36 Å². The van der Waals surface area contributed by atoms with E-state index in [1.54, 1.807) is 13.2 Å². The average molecular weight is 696 g/mol. The number of aryl methyl sites for hydroxylation is 1. The number of carbonyl (C=O) groups excluding carboxylic acids is 2. The van der Waals surface area contributed by atoms with Gasteiger partial charge < -0.3 is 19.1 Å². The van der Waals surface area contributed by atoms with Gasteiger partial charge in [0.1, 0.15) is 15.7 Å². The Morgan fingerprint density at radius 3 is 2.83 bits per heavy atom. The first-order valence-corrected chi connectivity index (χ1v) is 19.4. The summed E-state index contributed by atoms with van der Waals surface area (Å²) in [5.41, 5.74) is 3.46. The molecule has 1 saturated carbocycles. The van der Waals surface area contributed by atoms with E-state index < -0.39 is 21.7 Å². The minimum atomic E-state index is -3.43. The van der Waals surface area contributed by atoms with Gasteiger partial charge in [0.15, 0.2) is 0 Å². The number of halogens is 1. The van der Waals surface area contributed by atoms with E-state index in [4.69, 9.17) is 25.8 Å². The lowest BCUT2D eigenvalue weighted by Gasteiger charge is -2.46. The molecule has 3 heterocycles. The van der Waals surface area contributed by atoms with Crippen LogP contribution in [0.25, 0.3) is 0 Å². The van der Waals surface area contributed by atoms with E-state index in [1.807, 2.05) is 25.1 Å². The zero-order valence-corrected chi connectivity index (χ0v) is 29.4. The van der Waals surface area contributed by atoms with Crippen LogP contribution in [0.5, 0.6) is 5.75 Å². The van der Waals surface area contributed by atoms with Crippen LogP contribution in [0, 0.1) is 23.7 Å². The number of allylic oxidation sites excluding steroid dienone is 1. The molecule has 2 aliphatic carbocycles. The molecular formula is C37H46ClN3O6S. The van der Waals surface area contributed by atoms with E-state index in [-0.39, 0.29) is 35.7 Å². The van der Waals surface area contributed by atoms with E-state index >= 15 is 0 Å². The molecular weight excluding hydrogens is 650 g/mol. The first kappa shape index (κ1) is 33.6. The summed E-state index contributed by atoms with van der Waals surface area (Å²) in [5.74, 6) is 0.0143. The molecule has 258 valence electrons. The molecule has 1 saturated heterocycles. The normalized spacial score (nSPS) is 34.1. The first-order valence-electron chi connectivity index (χ1n) is 17.3. The van der Waals surface area contributed by atoms with Crippen LogP contribution in [0.3, 0.4) is 0 Å². The monoisotopic (exact) mass is 695 g/mol. The van der Waals surface area contributed by atoms with Gasteiger partial charge in [-0.05, 0) is 104 Å². The van der Waals surface area contributed by atoms with E-state index in [9.17, 15) is 13.8 Å². The molecule has 0 radical (unpaired) electrons. The van der Waals surface area contributed by atoms with Gasteiger partial charge in [0.05, 0.1) is 36.7 Å². The lowest BCUT2D eigenvalue weighted by molar-refractivity contribution is -0.123. The zero-order chi connectivity index (χ0) is 33.5. The van der Waals surface area contributed by atoms with E-state index in [0.717, 1.165) is 55.9 Å². The number of anilines is 1. The predicted octanol–water partition coefficient (Wildman–Crippen LogP) is 6.13. The van der Waals surface area contributed by atoms with Crippen molar-refractivity contribution in [3.8, 4) is 5.75 Å². The molecule has 2 aromatic carbocycles. The lowest BCUT2D eigenvalue weighted by Crippen LogP contribution is -2.49. The fourth-order valence-corrected chi connectivity index (χ4v) is 10.5. The highest BCUT2D eigenvalue weighted by molar-refractivity contribution is 7.92. The van der Waals surface area contributed by atoms with E-state index in [2.05, 4.69) is 38.3 Å². The molecule has 5 aliphatic rings. The number of hydrogen-bond acceptors (Lipinski definition) is 7. The minimum Gasteiger partial charge on any atom is -0.490 e. The summed E-state index contributed by atoms with van der Waals surface area (Å²) in [6.45, 7) is 4.76. The van der Waals surface area contributed by atoms with Crippen LogP contribution < -0.4 is 14.4 Å². The fourth-order valence-electron chi connectivity index (χ4n) is 8.35. The predicted molar refractivity (Wildman–Crippen MR) is 187 cm³/mol. The second-order valence-corrected chi connectivity index (χ2v) is 16.9. The number of nitrogens with zero attached hydrogens (tertiary/aromatic N) is 2.